The molecule has 5 rings (SSSR count). The Hall–Kier alpha value is -2.45. The van der Waals surface area contributed by atoms with Crippen molar-refractivity contribution in [3.63, 3.8) is 0 Å². The van der Waals surface area contributed by atoms with Crippen LogP contribution in [0.25, 0.3) is 10.9 Å². The van der Waals surface area contributed by atoms with Crippen LogP contribution in [0.2, 0.25) is 0 Å². The van der Waals surface area contributed by atoms with Gasteiger partial charge >= 0.3 is 5.51 Å². The summed E-state index contributed by atoms with van der Waals surface area (Å²) in [5, 5.41) is 1.19. The van der Waals surface area contributed by atoms with E-state index in [0.29, 0.717) is 0 Å². The maximum atomic E-state index is 12.7. The Labute approximate surface area is 209 Å². The van der Waals surface area contributed by atoms with E-state index in [0.717, 1.165) is 44.1 Å². The third-order valence-corrected chi connectivity index (χ3v) is 7.86. The molecule has 0 atom stereocenters. The van der Waals surface area contributed by atoms with E-state index in [2.05, 4.69) is 46.7 Å². The molecular formula is C27H31F3N4S. The molecule has 0 spiro atoms. The first-order valence-electron chi connectivity index (χ1n) is 12.2. The summed E-state index contributed by atoms with van der Waals surface area (Å²) >= 11 is -0.0692. The van der Waals surface area contributed by atoms with E-state index in [1.165, 1.54) is 35.9 Å². The fraction of sp³-hybridized carbons (Fsp3) is 0.444. The quantitative estimate of drug-likeness (QED) is 0.355. The number of fused-ring (bicyclic) bond motifs is 1. The van der Waals surface area contributed by atoms with Crippen LogP contribution in [0.15, 0.2) is 59.6 Å². The van der Waals surface area contributed by atoms with Crippen LogP contribution >= 0.6 is 11.8 Å². The summed E-state index contributed by atoms with van der Waals surface area (Å²) in [5.41, 5.74) is 0.129. The molecule has 3 heterocycles. The number of nitrogens with zero attached hydrogens (tertiary/aromatic N) is 4. The zero-order valence-electron chi connectivity index (χ0n) is 20.2. The van der Waals surface area contributed by atoms with Crippen LogP contribution in [0.4, 0.5) is 24.5 Å². The number of thioether (sulfide) groups is 1. The average Bonchev–Trinajstić information content (AvgIpc) is 3.13. The molecule has 2 aromatic carbocycles. The number of para-hydroxylation sites is 1. The molecular weight excluding hydrogens is 469 g/mol. The van der Waals surface area contributed by atoms with Gasteiger partial charge in [-0.1, -0.05) is 18.2 Å². The fourth-order valence-corrected chi connectivity index (χ4v) is 5.80. The van der Waals surface area contributed by atoms with E-state index >= 15 is 0 Å². The normalized spacial score (nSPS) is 19.0. The lowest BCUT2D eigenvalue weighted by Crippen LogP contribution is -2.40. The second kappa shape index (κ2) is 9.54. The van der Waals surface area contributed by atoms with Crippen LogP contribution in [-0.4, -0.2) is 47.2 Å². The number of hydrogen-bond donors (Lipinski definition) is 0. The second-order valence-electron chi connectivity index (χ2n) is 10.1. The van der Waals surface area contributed by atoms with Crippen molar-refractivity contribution in [2.24, 2.45) is 0 Å². The van der Waals surface area contributed by atoms with E-state index < -0.39 is 5.51 Å². The molecule has 8 heteroatoms. The van der Waals surface area contributed by atoms with Gasteiger partial charge in [-0.15, -0.1) is 0 Å². The van der Waals surface area contributed by atoms with Gasteiger partial charge in [0.25, 0.3) is 0 Å². The van der Waals surface area contributed by atoms with Gasteiger partial charge in [0.2, 0.25) is 0 Å². The summed E-state index contributed by atoms with van der Waals surface area (Å²) in [6.07, 6.45) is 5.73. The smallest absolute Gasteiger partial charge is 0.370 e. The Morgan fingerprint density at radius 2 is 1.66 bits per heavy atom. The number of alkyl halides is 3. The zero-order chi connectivity index (χ0) is 24.6. The number of benzene rings is 2. The van der Waals surface area contributed by atoms with Gasteiger partial charge in [0, 0.05) is 53.3 Å². The molecule has 4 nitrogen and oxygen atoms in total. The molecule has 2 aliphatic heterocycles. The predicted molar refractivity (Wildman–Crippen MR) is 138 cm³/mol. The van der Waals surface area contributed by atoms with E-state index in [4.69, 9.17) is 4.98 Å². The Morgan fingerprint density at radius 1 is 0.943 bits per heavy atom. The maximum absolute atomic E-state index is 12.7. The first kappa shape index (κ1) is 24.3. The number of halogens is 3. The summed E-state index contributed by atoms with van der Waals surface area (Å²) in [6, 6.07) is 15.1. The van der Waals surface area contributed by atoms with Crippen LogP contribution in [0.5, 0.6) is 0 Å². The molecule has 0 aliphatic carbocycles. The molecule has 0 unspecified atom stereocenters. The molecule has 0 radical (unpaired) electrons. The summed E-state index contributed by atoms with van der Waals surface area (Å²) in [7, 11) is 0. The lowest BCUT2D eigenvalue weighted by atomic mass is 10.0. The number of pyridine rings is 1. The SMILES string of the molecule is CC1(C)CN(c2ccc(SC(F)(F)F)cc2)CN1Cc1c(N2CCCCC2)cnc2ccccc12. The molecule has 0 bridgehead atoms. The van der Waals surface area contributed by atoms with E-state index in [1.54, 1.807) is 24.3 Å². The highest BCUT2D eigenvalue weighted by molar-refractivity contribution is 8.00. The zero-order valence-corrected chi connectivity index (χ0v) is 21.0. The number of anilines is 2. The second-order valence-corrected chi connectivity index (χ2v) is 11.2. The summed E-state index contributed by atoms with van der Waals surface area (Å²) in [5.74, 6) is 0. The molecule has 2 aliphatic rings. The molecule has 3 aromatic rings. The standard InChI is InChI=1S/C27H31F3N4S/c1-26(2)18-33(20-10-12-21(13-11-20)35-27(28,29)30)19-34(26)17-23-22-8-4-5-9-24(22)31-16-25(23)32-14-6-3-7-15-32/h4-5,8-13,16H,3,6-7,14-15,17-19H2,1-2H3. The van der Waals surface area contributed by atoms with E-state index in [1.807, 2.05) is 12.3 Å². The van der Waals surface area contributed by atoms with Crippen LogP contribution in [0, 0.1) is 0 Å². The highest BCUT2D eigenvalue weighted by Gasteiger charge is 2.38. The van der Waals surface area contributed by atoms with Crippen molar-refractivity contribution >= 4 is 34.0 Å². The van der Waals surface area contributed by atoms with Crippen molar-refractivity contribution in [2.45, 2.75) is 55.6 Å². The number of aromatic nitrogens is 1. The van der Waals surface area contributed by atoms with Gasteiger partial charge in [-0.2, -0.15) is 13.2 Å². The Balaban J connectivity index is 1.41. The highest BCUT2D eigenvalue weighted by atomic mass is 32.2. The van der Waals surface area contributed by atoms with Crippen LogP contribution in [-0.2, 0) is 6.54 Å². The van der Waals surface area contributed by atoms with Gasteiger partial charge in [-0.25, -0.2) is 0 Å². The molecule has 1 aromatic heterocycles. The van der Waals surface area contributed by atoms with Gasteiger partial charge in [-0.05, 0) is 75.2 Å². The van der Waals surface area contributed by atoms with Crippen molar-refractivity contribution in [1.82, 2.24) is 9.88 Å². The van der Waals surface area contributed by atoms with Gasteiger partial charge in [-0.3, -0.25) is 9.88 Å². The molecule has 0 N–H and O–H groups in total. The maximum Gasteiger partial charge on any atom is 0.446 e. The first-order chi connectivity index (χ1) is 16.7. The minimum absolute atomic E-state index is 0.0692. The Bertz CT molecular complexity index is 1170. The summed E-state index contributed by atoms with van der Waals surface area (Å²) in [6.45, 7) is 8.92. The molecule has 35 heavy (non-hydrogen) atoms. The third-order valence-electron chi connectivity index (χ3n) is 7.12. The lowest BCUT2D eigenvalue weighted by Gasteiger charge is -2.34. The average molecular weight is 501 g/mol. The van der Waals surface area contributed by atoms with E-state index in [-0.39, 0.29) is 22.2 Å². The number of hydrogen-bond acceptors (Lipinski definition) is 5. The summed E-state index contributed by atoms with van der Waals surface area (Å²) < 4.78 is 38.2. The minimum Gasteiger partial charge on any atom is -0.370 e. The molecule has 0 amide bonds. The molecule has 0 saturated carbocycles. The van der Waals surface area contributed by atoms with Gasteiger partial charge in [0.1, 0.15) is 0 Å². The largest absolute Gasteiger partial charge is 0.446 e. The third kappa shape index (κ3) is 5.38. The summed E-state index contributed by atoms with van der Waals surface area (Å²) in [4.78, 5) is 12.2. The van der Waals surface area contributed by atoms with Crippen molar-refractivity contribution in [3.8, 4) is 0 Å². The molecule has 2 saturated heterocycles. The minimum atomic E-state index is -4.27. The first-order valence-corrected chi connectivity index (χ1v) is 13.0. The lowest BCUT2D eigenvalue weighted by molar-refractivity contribution is -0.0328. The van der Waals surface area contributed by atoms with Crippen molar-refractivity contribution in [1.29, 1.82) is 0 Å². The van der Waals surface area contributed by atoms with Crippen molar-refractivity contribution < 1.29 is 13.2 Å². The van der Waals surface area contributed by atoms with Gasteiger partial charge < -0.3 is 9.80 Å². The number of rotatable bonds is 5. The molecule has 2 fully saturated rings. The Kier molecular flexibility index (Phi) is 6.61. The van der Waals surface area contributed by atoms with Crippen molar-refractivity contribution in [2.75, 3.05) is 36.1 Å². The van der Waals surface area contributed by atoms with Gasteiger partial charge in [0.05, 0.1) is 24.1 Å². The number of piperidine rings is 1. The topological polar surface area (TPSA) is 22.6 Å². The predicted octanol–water partition coefficient (Wildman–Crippen LogP) is 6.90. The fourth-order valence-electron chi connectivity index (χ4n) is 5.26. The monoisotopic (exact) mass is 500 g/mol. The van der Waals surface area contributed by atoms with Crippen LogP contribution < -0.4 is 9.80 Å². The Morgan fingerprint density at radius 3 is 2.37 bits per heavy atom. The van der Waals surface area contributed by atoms with Crippen molar-refractivity contribution in [3.05, 3.63) is 60.3 Å². The highest BCUT2D eigenvalue weighted by Crippen LogP contribution is 2.39. The van der Waals surface area contributed by atoms with Gasteiger partial charge in [0.15, 0.2) is 0 Å². The van der Waals surface area contributed by atoms with Crippen LogP contribution in [0.1, 0.15) is 38.7 Å². The van der Waals surface area contributed by atoms with E-state index in [9.17, 15) is 13.2 Å². The molecule has 186 valence electrons. The van der Waals surface area contributed by atoms with Crippen LogP contribution in [0.3, 0.4) is 0 Å².